The molecule has 0 aliphatic carbocycles. The van der Waals surface area contributed by atoms with E-state index in [0.29, 0.717) is 17.3 Å². The lowest BCUT2D eigenvalue weighted by atomic mass is 10.1. The average Bonchev–Trinajstić information content (AvgIpc) is 2.87. The topological polar surface area (TPSA) is 53.6 Å². The van der Waals surface area contributed by atoms with Gasteiger partial charge in [-0.25, -0.2) is 0 Å². The van der Waals surface area contributed by atoms with E-state index < -0.39 is 0 Å². The van der Waals surface area contributed by atoms with Crippen molar-refractivity contribution in [3.05, 3.63) is 59.0 Å². The highest BCUT2D eigenvalue weighted by molar-refractivity contribution is 6.35. The van der Waals surface area contributed by atoms with Gasteiger partial charge in [-0.15, -0.1) is 0 Å². The van der Waals surface area contributed by atoms with Crippen molar-refractivity contribution in [1.29, 1.82) is 5.26 Å². The van der Waals surface area contributed by atoms with E-state index in [9.17, 15) is 0 Å². The summed E-state index contributed by atoms with van der Waals surface area (Å²) in [5, 5.41) is 14.0. The molecule has 21 heavy (non-hydrogen) atoms. The van der Waals surface area contributed by atoms with Gasteiger partial charge in [0.2, 0.25) is 0 Å². The van der Waals surface area contributed by atoms with Gasteiger partial charge < -0.3 is 9.88 Å². The number of fused-ring (bicyclic) bond motifs is 1. The van der Waals surface area contributed by atoms with Crippen molar-refractivity contribution >= 4 is 28.2 Å². The van der Waals surface area contributed by atoms with E-state index in [0.717, 1.165) is 22.2 Å². The summed E-state index contributed by atoms with van der Waals surface area (Å²) in [6, 6.07) is 11.7. The van der Waals surface area contributed by atoms with Gasteiger partial charge in [0, 0.05) is 37.1 Å². The number of hydrogen-bond acceptors (Lipinski definition) is 3. The molecule has 2 heterocycles. The molecular formula is C16H13ClN4. The number of halogens is 1. The highest BCUT2D eigenvalue weighted by Crippen LogP contribution is 2.28. The van der Waals surface area contributed by atoms with Crippen LogP contribution in [0, 0.1) is 11.3 Å². The molecule has 0 aliphatic heterocycles. The Morgan fingerprint density at radius 2 is 2.24 bits per heavy atom. The molecule has 0 unspecified atom stereocenters. The average molecular weight is 297 g/mol. The number of nitriles is 1. The molecule has 0 saturated heterocycles. The third kappa shape index (κ3) is 2.56. The molecule has 0 saturated carbocycles. The van der Waals surface area contributed by atoms with Crippen LogP contribution in [0.4, 0.5) is 5.69 Å². The first-order valence-electron chi connectivity index (χ1n) is 6.51. The van der Waals surface area contributed by atoms with Gasteiger partial charge in [-0.3, -0.25) is 4.98 Å². The second-order valence-corrected chi connectivity index (χ2v) is 5.21. The summed E-state index contributed by atoms with van der Waals surface area (Å²) in [5.41, 5.74) is 3.47. The first kappa shape index (κ1) is 13.5. The Kier molecular flexibility index (Phi) is 3.51. The van der Waals surface area contributed by atoms with Crippen molar-refractivity contribution in [3.63, 3.8) is 0 Å². The largest absolute Gasteiger partial charge is 0.380 e. The van der Waals surface area contributed by atoms with E-state index >= 15 is 0 Å². The SMILES string of the molecule is Cn1cc(CNc2ccc(Cl)c3ncccc23)cc1C#N. The molecule has 0 spiro atoms. The maximum atomic E-state index is 8.97. The van der Waals surface area contributed by atoms with Gasteiger partial charge in [0.05, 0.1) is 10.5 Å². The molecule has 0 radical (unpaired) electrons. The Balaban J connectivity index is 1.89. The fourth-order valence-electron chi connectivity index (χ4n) is 2.33. The van der Waals surface area contributed by atoms with Crippen LogP contribution in [0.1, 0.15) is 11.3 Å². The highest BCUT2D eigenvalue weighted by Gasteiger charge is 2.06. The highest BCUT2D eigenvalue weighted by atomic mass is 35.5. The summed E-state index contributed by atoms with van der Waals surface area (Å²) in [4.78, 5) is 4.31. The minimum Gasteiger partial charge on any atom is -0.380 e. The molecule has 0 fully saturated rings. The number of aromatic nitrogens is 2. The van der Waals surface area contributed by atoms with Gasteiger partial charge >= 0.3 is 0 Å². The molecule has 4 nitrogen and oxygen atoms in total. The summed E-state index contributed by atoms with van der Waals surface area (Å²) >= 11 is 6.16. The van der Waals surface area contributed by atoms with Gasteiger partial charge in [0.25, 0.3) is 0 Å². The van der Waals surface area contributed by atoms with E-state index in [4.69, 9.17) is 16.9 Å². The van der Waals surface area contributed by atoms with Crippen molar-refractivity contribution < 1.29 is 0 Å². The molecule has 3 rings (SSSR count). The number of anilines is 1. The van der Waals surface area contributed by atoms with Crippen LogP contribution in [0.15, 0.2) is 42.7 Å². The molecule has 0 bridgehead atoms. The first-order chi connectivity index (χ1) is 10.2. The van der Waals surface area contributed by atoms with Crippen LogP contribution < -0.4 is 5.32 Å². The van der Waals surface area contributed by atoms with Gasteiger partial charge in [-0.1, -0.05) is 11.6 Å². The summed E-state index contributed by atoms with van der Waals surface area (Å²) in [5.74, 6) is 0. The summed E-state index contributed by atoms with van der Waals surface area (Å²) < 4.78 is 1.82. The molecule has 5 heteroatoms. The lowest BCUT2D eigenvalue weighted by Crippen LogP contribution is -1.99. The molecule has 0 amide bonds. The van der Waals surface area contributed by atoms with Crippen LogP contribution in [0.3, 0.4) is 0 Å². The molecular weight excluding hydrogens is 284 g/mol. The summed E-state index contributed by atoms with van der Waals surface area (Å²) in [6.07, 6.45) is 3.68. The quantitative estimate of drug-likeness (QED) is 0.801. The number of nitrogens with one attached hydrogen (secondary N) is 1. The lowest BCUT2D eigenvalue weighted by Gasteiger charge is -2.09. The Morgan fingerprint density at radius 3 is 3.00 bits per heavy atom. The maximum absolute atomic E-state index is 8.97. The monoisotopic (exact) mass is 296 g/mol. The van der Waals surface area contributed by atoms with Crippen LogP contribution in [0.25, 0.3) is 10.9 Å². The van der Waals surface area contributed by atoms with Crippen molar-refractivity contribution in [2.45, 2.75) is 6.54 Å². The van der Waals surface area contributed by atoms with Crippen molar-refractivity contribution in [3.8, 4) is 6.07 Å². The van der Waals surface area contributed by atoms with E-state index in [1.807, 2.05) is 48.1 Å². The number of benzene rings is 1. The van der Waals surface area contributed by atoms with Crippen LogP contribution in [0.2, 0.25) is 5.02 Å². The Bertz CT molecular complexity index is 845. The van der Waals surface area contributed by atoms with Gasteiger partial charge in [0.15, 0.2) is 0 Å². The van der Waals surface area contributed by atoms with Crippen molar-refractivity contribution in [2.24, 2.45) is 7.05 Å². The number of hydrogen-bond donors (Lipinski definition) is 1. The predicted octanol–water partition coefficient (Wildman–Crippen LogP) is 3.71. The molecule has 104 valence electrons. The van der Waals surface area contributed by atoms with Crippen LogP contribution >= 0.6 is 11.6 Å². The van der Waals surface area contributed by atoms with Crippen LogP contribution in [-0.4, -0.2) is 9.55 Å². The first-order valence-corrected chi connectivity index (χ1v) is 6.89. The van der Waals surface area contributed by atoms with Gasteiger partial charge in [-0.2, -0.15) is 5.26 Å². The van der Waals surface area contributed by atoms with Gasteiger partial charge in [-0.05, 0) is 35.9 Å². The van der Waals surface area contributed by atoms with Crippen LogP contribution in [-0.2, 0) is 13.6 Å². The molecule has 1 N–H and O–H groups in total. The smallest absolute Gasteiger partial charge is 0.120 e. The lowest BCUT2D eigenvalue weighted by molar-refractivity contribution is 0.902. The molecule has 3 aromatic rings. The van der Waals surface area contributed by atoms with E-state index in [2.05, 4.69) is 16.4 Å². The van der Waals surface area contributed by atoms with E-state index in [1.165, 1.54) is 0 Å². The minimum atomic E-state index is 0.640. The zero-order chi connectivity index (χ0) is 14.8. The fraction of sp³-hybridized carbons (Fsp3) is 0.125. The normalized spacial score (nSPS) is 10.5. The van der Waals surface area contributed by atoms with Gasteiger partial charge in [0.1, 0.15) is 11.8 Å². The maximum Gasteiger partial charge on any atom is 0.120 e. The third-order valence-electron chi connectivity index (χ3n) is 3.38. The zero-order valence-electron chi connectivity index (χ0n) is 11.5. The number of rotatable bonds is 3. The van der Waals surface area contributed by atoms with Crippen molar-refractivity contribution in [2.75, 3.05) is 5.32 Å². The number of pyridine rings is 1. The molecule has 1 aromatic carbocycles. The second-order valence-electron chi connectivity index (χ2n) is 4.80. The second kappa shape index (κ2) is 5.47. The number of nitrogens with zero attached hydrogens (tertiary/aromatic N) is 3. The summed E-state index contributed by atoms with van der Waals surface area (Å²) in [6.45, 7) is 0.640. The fourth-order valence-corrected chi connectivity index (χ4v) is 2.54. The Morgan fingerprint density at radius 1 is 1.38 bits per heavy atom. The van der Waals surface area contributed by atoms with Crippen LogP contribution in [0.5, 0.6) is 0 Å². The zero-order valence-corrected chi connectivity index (χ0v) is 12.2. The molecule has 2 aromatic heterocycles. The Labute approximate surface area is 127 Å². The third-order valence-corrected chi connectivity index (χ3v) is 3.68. The van der Waals surface area contributed by atoms with E-state index in [1.54, 1.807) is 6.20 Å². The molecule has 0 atom stereocenters. The standard InChI is InChI=1S/C16H13ClN4/c1-21-10-11(7-12(21)8-18)9-20-15-5-4-14(17)16-13(15)3-2-6-19-16/h2-7,10,20H,9H2,1H3. The Hall–Kier alpha value is -2.51. The number of aryl methyl sites for hydroxylation is 1. The minimum absolute atomic E-state index is 0.640. The summed E-state index contributed by atoms with van der Waals surface area (Å²) in [7, 11) is 1.86. The van der Waals surface area contributed by atoms with E-state index in [-0.39, 0.29) is 0 Å². The predicted molar refractivity (Wildman–Crippen MR) is 84.2 cm³/mol. The molecule has 0 aliphatic rings. The van der Waals surface area contributed by atoms with Crippen molar-refractivity contribution in [1.82, 2.24) is 9.55 Å².